The maximum Gasteiger partial charge on any atom is 0.331 e. The molecule has 20 heavy (non-hydrogen) atoms. The molecule has 0 amide bonds. The fourth-order valence-electron chi connectivity index (χ4n) is 2.46. The molecular formula is C15H13FO4. The SMILES string of the molecule is CC1=CC(C(=O)O)(c2cccc(F)c2)CC(C(=O)O)=C1. The number of halogens is 1. The van der Waals surface area contributed by atoms with E-state index in [-0.39, 0.29) is 17.6 Å². The summed E-state index contributed by atoms with van der Waals surface area (Å²) in [4.78, 5) is 22.9. The molecule has 5 heteroatoms. The van der Waals surface area contributed by atoms with E-state index < -0.39 is 23.2 Å². The predicted molar refractivity (Wildman–Crippen MR) is 69.8 cm³/mol. The van der Waals surface area contributed by atoms with Crippen LogP contribution in [0.3, 0.4) is 0 Å². The minimum absolute atomic E-state index is 0.00309. The molecule has 2 rings (SSSR count). The van der Waals surface area contributed by atoms with Crippen LogP contribution in [0.5, 0.6) is 0 Å². The summed E-state index contributed by atoms with van der Waals surface area (Å²) in [5, 5.41) is 18.7. The van der Waals surface area contributed by atoms with Crippen molar-refractivity contribution in [2.24, 2.45) is 0 Å². The second kappa shape index (κ2) is 4.92. The van der Waals surface area contributed by atoms with Gasteiger partial charge in [-0.05, 0) is 30.7 Å². The third-order valence-electron chi connectivity index (χ3n) is 3.34. The summed E-state index contributed by atoms with van der Waals surface area (Å²) in [6.45, 7) is 1.62. The topological polar surface area (TPSA) is 74.6 Å². The highest BCUT2D eigenvalue weighted by Crippen LogP contribution is 2.38. The third-order valence-corrected chi connectivity index (χ3v) is 3.34. The number of allylic oxidation sites excluding steroid dienone is 2. The van der Waals surface area contributed by atoms with Crippen molar-refractivity contribution in [2.75, 3.05) is 0 Å². The van der Waals surface area contributed by atoms with Gasteiger partial charge < -0.3 is 10.2 Å². The Bertz CT molecular complexity index is 645. The van der Waals surface area contributed by atoms with Crippen molar-refractivity contribution < 1.29 is 24.2 Å². The lowest BCUT2D eigenvalue weighted by atomic mass is 9.71. The summed E-state index contributed by atoms with van der Waals surface area (Å²) in [6, 6.07) is 5.25. The number of carboxylic acid groups (broad SMARTS) is 2. The van der Waals surface area contributed by atoms with Gasteiger partial charge in [0, 0.05) is 12.0 Å². The van der Waals surface area contributed by atoms with Crippen molar-refractivity contribution in [3.8, 4) is 0 Å². The van der Waals surface area contributed by atoms with Gasteiger partial charge in [0.05, 0.1) is 0 Å². The van der Waals surface area contributed by atoms with Gasteiger partial charge in [-0.3, -0.25) is 4.79 Å². The molecule has 104 valence electrons. The van der Waals surface area contributed by atoms with Crippen LogP contribution in [0.2, 0.25) is 0 Å². The molecule has 2 N–H and O–H groups in total. The quantitative estimate of drug-likeness (QED) is 0.889. The second-order valence-corrected chi connectivity index (χ2v) is 4.83. The number of hydrogen-bond donors (Lipinski definition) is 2. The average molecular weight is 276 g/mol. The van der Waals surface area contributed by atoms with E-state index in [4.69, 9.17) is 5.11 Å². The molecule has 0 aromatic heterocycles. The molecule has 1 unspecified atom stereocenters. The van der Waals surface area contributed by atoms with Gasteiger partial charge in [-0.15, -0.1) is 0 Å². The lowest BCUT2D eigenvalue weighted by Gasteiger charge is -2.30. The van der Waals surface area contributed by atoms with Crippen LogP contribution in [0.15, 0.2) is 47.6 Å². The van der Waals surface area contributed by atoms with Crippen LogP contribution in [-0.4, -0.2) is 22.2 Å². The Kier molecular flexibility index (Phi) is 3.44. The van der Waals surface area contributed by atoms with E-state index in [0.29, 0.717) is 5.57 Å². The number of benzene rings is 1. The molecule has 0 saturated heterocycles. The number of hydrogen-bond acceptors (Lipinski definition) is 2. The number of carbonyl (C=O) groups is 2. The molecule has 0 aliphatic heterocycles. The van der Waals surface area contributed by atoms with E-state index in [2.05, 4.69) is 0 Å². The zero-order valence-electron chi connectivity index (χ0n) is 10.8. The molecule has 1 aromatic carbocycles. The molecule has 0 bridgehead atoms. The molecule has 4 nitrogen and oxygen atoms in total. The second-order valence-electron chi connectivity index (χ2n) is 4.83. The van der Waals surface area contributed by atoms with E-state index in [1.165, 1.54) is 30.4 Å². The van der Waals surface area contributed by atoms with Gasteiger partial charge in [-0.1, -0.05) is 23.8 Å². The zero-order valence-corrected chi connectivity index (χ0v) is 10.8. The van der Waals surface area contributed by atoms with Crippen molar-refractivity contribution in [1.82, 2.24) is 0 Å². The maximum absolute atomic E-state index is 13.4. The first kappa shape index (κ1) is 14.0. The van der Waals surface area contributed by atoms with Crippen molar-refractivity contribution in [3.63, 3.8) is 0 Å². The summed E-state index contributed by atoms with van der Waals surface area (Å²) < 4.78 is 13.4. The standard InChI is InChI=1S/C15H13FO4/c1-9-5-10(13(17)18)8-15(7-9,14(19)20)11-3-2-4-12(16)6-11/h2-7H,8H2,1H3,(H,17,18)(H,19,20). The third kappa shape index (κ3) is 2.34. The number of aliphatic carboxylic acids is 2. The van der Waals surface area contributed by atoms with Gasteiger partial charge in [0.25, 0.3) is 0 Å². The Balaban J connectivity index is 2.61. The first-order valence-corrected chi connectivity index (χ1v) is 5.98. The Morgan fingerprint density at radius 3 is 2.55 bits per heavy atom. The van der Waals surface area contributed by atoms with Gasteiger partial charge in [0.15, 0.2) is 0 Å². The van der Waals surface area contributed by atoms with Crippen LogP contribution in [0, 0.1) is 5.82 Å². The normalized spacial score (nSPS) is 21.9. The van der Waals surface area contributed by atoms with Gasteiger partial charge >= 0.3 is 11.9 Å². The fraction of sp³-hybridized carbons (Fsp3) is 0.200. The summed E-state index contributed by atoms with van der Waals surface area (Å²) in [5.41, 5.74) is -0.789. The summed E-state index contributed by atoms with van der Waals surface area (Å²) >= 11 is 0. The monoisotopic (exact) mass is 276 g/mol. The van der Waals surface area contributed by atoms with Gasteiger partial charge in [-0.2, -0.15) is 0 Å². The highest BCUT2D eigenvalue weighted by Gasteiger charge is 2.42. The highest BCUT2D eigenvalue weighted by atomic mass is 19.1. The van der Waals surface area contributed by atoms with Gasteiger partial charge in [0.2, 0.25) is 0 Å². The number of carboxylic acids is 2. The summed E-state index contributed by atoms with van der Waals surface area (Å²) in [5.74, 6) is -2.92. The molecule has 0 heterocycles. The average Bonchev–Trinajstić information content (AvgIpc) is 2.37. The molecule has 1 atom stereocenters. The van der Waals surface area contributed by atoms with Gasteiger partial charge in [0.1, 0.15) is 11.2 Å². The first-order valence-electron chi connectivity index (χ1n) is 5.98. The smallest absolute Gasteiger partial charge is 0.331 e. The fourth-order valence-corrected chi connectivity index (χ4v) is 2.46. The molecule has 0 spiro atoms. The molecule has 1 aromatic rings. The van der Waals surface area contributed by atoms with E-state index in [1.807, 2.05) is 0 Å². The zero-order chi connectivity index (χ0) is 14.9. The minimum atomic E-state index is -1.55. The van der Waals surface area contributed by atoms with Crippen molar-refractivity contribution in [2.45, 2.75) is 18.8 Å². The lowest BCUT2D eigenvalue weighted by molar-refractivity contribution is -0.142. The van der Waals surface area contributed by atoms with Crippen LogP contribution in [0.1, 0.15) is 18.9 Å². The molecule has 0 saturated carbocycles. The van der Waals surface area contributed by atoms with Crippen LogP contribution in [-0.2, 0) is 15.0 Å². The molecule has 0 fully saturated rings. The molecular weight excluding hydrogens is 263 g/mol. The highest BCUT2D eigenvalue weighted by molar-refractivity contribution is 5.93. The predicted octanol–water partition coefficient (Wildman–Crippen LogP) is 2.51. The Labute approximate surface area is 114 Å². The molecule has 1 aliphatic carbocycles. The summed E-state index contributed by atoms with van der Waals surface area (Å²) in [7, 11) is 0. The first-order chi connectivity index (χ1) is 9.35. The Morgan fingerprint density at radius 2 is 2.00 bits per heavy atom. The Hall–Kier alpha value is -2.43. The van der Waals surface area contributed by atoms with Crippen molar-refractivity contribution >= 4 is 11.9 Å². The maximum atomic E-state index is 13.4. The lowest BCUT2D eigenvalue weighted by Crippen LogP contribution is -2.37. The molecule has 0 radical (unpaired) electrons. The largest absolute Gasteiger partial charge is 0.480 e. The van der Waals surface area contributed by atoms with E-state index in [9.17, 15) is 19.1 Å². The van der Waals surface area contributed by atoms with Crippen molar-refractivity contribution in [3.05, 3.63) is 58.9 Å². The Morgan fingerprint density at radius 1 is 1.30 bits per heavy atom. The van der Waals surface area contributed by atoms with Crippen LogP contribution >= 0.6 is 0 Å². The van der Waals surface area contributed by atoms with Crippen LogP contribution < -0.4 is 0 Å². The minimum Gasteiger partial charge on any atom is -0.480 e. The van der Waals surface area contributed by atoms with E-state index in [1.54, 1.807) is 6.92 Å². The van der Waals surface area contributed by atoms with Crippen molar-refractivity contribution in [1.29, 1.82) is 0 Å². The number of rotatable bonds is 3. The van der Waals surface area contributed by atoms with E-state index in [0.717, 1.165) is 6.07 Å². The molecule has 1 aliphatic rings. The van der Waals surface area contributed by atoms with Gasteiger partial charge in [-0.25, -0.2) is 9.18 Å². The van der Waals surface area contributed by atoms with Crippen LogP contribution in [0.25, 0.3) is 0 Å². The summed E-state index contributed by atoms with van der Waals surface area (Å²) in [6.07, 6.45) is 2.69. The van der Waals surface area contributed by atoms with Crippen LogP contribution in [0.4, 0.5) is 4.39 Å². The van der Waals surface area contributed by atoms with E-state index >= 15 is 0 Å².